The van der Waals surface area contributed by atoms with Crippen LogP contribution in [0, 0.1) is 10.1 Å². The van der Waals surface area contributed by atoms with E-state index in [0.29, 0.717) is 10.8 Å². The molecule has 0 saturated carbocycles. The Bertz CT molecular complexity index is 509. The number of ether oxygens (including phenoxy) is 1. The minimum absolute atomic E-state index is 0.0278. The van der Waals surface area contributed by atoms with Crippen LogP contribution in [0.5, 0.6) is 10.8 Å². The number of rotatable bonds is 3. The second kappa shape index (κ2) is 4.51. The van der Waals surface area contributed by atoms with E-state index in [4.69, 9.17) is 16.3 Å². The number of nitro groups is 1. The Balaban J connectivity index is 2.23. The quantitative estimate of drug-likeness (QED) is 0.613. The molecule has 0 unspecified atom stereocenters. The number of hydrogen-bond acceptors (Lipinski definition) is 4. The SMILES string of the molecule is O=[N+]([O-])c1ccsc1Oc1ccc(Cl)cc1. The van der Waals surface area contributed by atoms with Crippen LogP contribution < -0.4 is 4.74 Å². The maximum atomic E-state index is 10.6. The molecule has 6 heteroatoms. The maximum Gasteiger partial charge on any atom is 0.322 e. The van der Waals surface area contributed by atoms with Gasteiger partial charge in [0.2, 0.25) is 0 Å². The van der Waals surface area contributed by atoms with Crippen molar-refractivity contribution >= 4 is 28.6 Å². The summed E-state index contributed by atoms with van der Waals surface area (Å²) in [5, 5.41) is 13.1. The Morgan fingerprint density at radius 3 is 2.56 bits per heavy atom. The predicted octanol–water partition coefficient (Wildman–Crippen LogP) is 4.10. The zero-order valence-electron chi connectivity index (χ0n) is 7.92. The van der Waals surface area contributed by atoms with Crippen LogP contribution in [-0.4, -0.2) is 4.92 Å². The number of benzene rings is 1. The highest BCUT2D eigenvalue weighted by Crippen LogP contribution is 2.36. The van der Waals surface area contributed by atoms with Crippen LogP contribution in [0.1, 0.15) is 0 Å². The Labute approximate surface area is 100 Å². The van der Waals surface area contributed by atoms with Crippen molar-refractivity contribution in [3.63, 3.8) is 0 Å². The fourth-order valence-electron chi connectivity index (χ4n) is 1.11. The second-order valence-corrected chi connectivity index (χ2v) is 4.22. The van der Waals surface area contributed by atoms with Crippen LogP contribution in [0.2, 0.25) is 5.02 Å². The van der Waals surface area contributed by atoms with Gasteiger partial charge in [-0.15, -0.1) is 11.3 Å². The van der Waals surface area contributed by atoms with Gasteiger partial charge in [-0.3, -0.25) is 10.1 Å². The largest absolute Gasteiger partial charge is 0.440 e. The van der Waals surface area contributed by atoms with Crippen LogP contribution in [0.3, 0.4) is 0 Å². The molecule has 1 aromatic heterocycles. The average Bonchev–Trinajstić information content (AvgIpc) is 2.69. The van der Waals surface area contributed by atoms with Crippen molar-refractivity contribution in [2.45, 2.75) is 0 Å². The van der Waals surface area contributed by atoms with E-state index in [2.05, 4.69) is 0 Å². The molecule has 0 amide bonds. The van der Waals surface area contributed by atoms with E-state index in [1.54, 1.807) is 29.6 Å². The molecule has 1 aromatic carbocycles. The van der Waals surface area contributed by atoms with Gasteiger partial charge in [-0.05, 0) is 24.3 Å². The highest BCUT2D eigenvalue weighted by molar-refractivity contribution is 7.12. The maximum absolute atomic E-state index is 10.6. The van der Waals surface area contributed by atoms with Crippen LogP contribution in [0.25, 0.3) is 0 Å². The Kier molecular flexibility index (Phi) is 3.07. The second-order valence-electron chi connectivity index (χ2n) is 2.91. The smallest absolute Gasteiger partial charge is 0.322 e. The molecule has 0 saturated heterocycles. The molecular formula is C10H6ClNO3S. The molecule has 2 rings (SSSR count). The van der Waals surface area contributed by atoms with E-state index in [9.17, 15) is 10.1 Å². The van der Waals surface area contributed by atoms with E-state index in [0.717, 1.165) is 0 Å². The van der Waals surface area contributed by atoms with Crippen LogP contribution >= 0.6 is 22.9 Å². The summed E-state index contributed by atoms with van der Waals surface area (Å²) < 4.78 is 5.38. The third-order valence-corrected chi connectivity index (χ3v) is 2.86. The fourth-order valence-corrected chi connectivity index (χ4v) is 1.96. The normalized spacial score (nSPS) is 10.1. The van der Waals surface area contributed by atoms with Gasteiger partial charge in [0.15, 0.2) is 0 Å². The highest BCUT2D eigenvalue weighted by Gasteiger charge is 2.16. The monoisotopic (exact) mass is 255 g/mol. The third kappa shape index (κ3) is 2.32. The summed E-state index contributed by atoms with van der Waals surface area (Å²) in [7, 11) is 0. The summed E-state index contributed by atoms with van der Waals surface area (Å²) in [6, 6.07) is 8.06. The van der Waals surface area contributed by atoms with Crippen molar-refractivity contribution in [3.8, 4) is 10.8 Å². The summed E-state index contributed by atoms with van der Waals surface area (Å²) in [4.78, 5) is 10.2. The average molecular weight is 256 g/mol. The topological polar surface area (TPSA) is 52.4 Å². The standard InChI is InChI=1S/C10H6ClNO3S/c11-7-1-3-8(4-2-7)15-10-9(12(13)14)5-6-16-10/h1-6H. The van der Waals surface area contributed by atoms with Gasteiger partial charge in [0.25, 0.3) is 5.06 Å². The summed E-state index contributed by atoms with van der Waals surface area (Å²) >= 11 is 6.89. The van der Waals surface area contributed by atoms with Crippen molar-refractivity contribution in [1.82, 2.24) is 0 Å². The van der Waals surface area contributed by atoms with E-state index in [1.807, 2.05) is 0 Å². The first-order valence-corrected chi connectivity index (χ1v) is 5.58. The molecule has 16 heavy (non-hydrogen) atoms. The summed E-state index contributed by atoms with van der Waals surface area (Å²) in [5.41, 5.74) is -0.0278. The van der Waals surface area contributed by atoms with Gasteiger partial charge in [-0.1, -0.05) is 11.6 Å². The molecule has 0 atom stereocenters. The van der Waals surface area contributed by atoms with Crippen molar-refractivity contribution in [2.75, 3.05) is 0 Å². The van der Waals surface area contributed by atoms with Gasteiger partial charge in [-0.2, -0.15) is 0 Å². The Hall–Kier alpha value is -1.59. The van der Waals surface area contributed by atoms with Gasteiger partial charge in [0.1, 0.15) is 5.75 Å². The number of nitrogens with zero attached hydrogens (tertiary/aromatic N) is 1. The van der Waals surface area contributed by atoms with Crippen LogP contribution in [0.15, 0.2) is 35.7 Å². The van der Waals surface area contributed by atoms with Gasteiger partial charge in [0, 0.05) is 16.5 Å². The van der Waals surface area contributed by atoms with Crippen LogP contribution in [0.4, 0.5) is 5.69 Å². The minimum Gasteiger partial charge on any atom is -0.440 e. The molecule has 82 valence electrons. The van der Waals surface area contributed by atoms with Crippen molar-refractivity contribution in [2.24, 2.45) is 0 Å². The molecule has 0 aliphatic carbocycles. The zero-order chi connectivity index (χ0) is 11.5. The molecule has 0 spiro atoms. The van der Waals surface area contributed by atoms with Crippen LogP contribution in [-0.2, 0) is 0 Å². The Morgan fingerprint density at radius 1 is 1.25 bits per heavy atom. The molecule has 0 aliphatic rings. The van der Waals surface area contributed by atoms with Crippen molar-refractivity contribution < 1.29 is 9.66 Å². The first-order chi connectivity index (χ1) is 7.66. The number of thiophene rings is 1. The van der Waals surface area contributed by atoms with Gasteiger partial charge in [0.05, 0.1) is 4.92 Å². The summed E-state index contributed by atoms with van der Waals surface area (Å²) in [6.07, 6.45) is 0. The number of halogens is 1. The van der Waals surface area contributed by atoms with E-state index in [1.165, 1.54) is 17.4 Å². The molecular weight excluding hydrogens is 250 g/mol. The molecule has 0 radical (unpaired) electrons. The van der Waals surface area contributed by atoms with E-state index >= 15 is 0 Å². The predicted molar refractivity (Wildman–Crippen MR) is 62.5 cm³/mol. The first-order valence-electron chi connectivity index (χ1n) is 4.32. The lowest BCUT2D eigenvalue weighted by Gasteiger charge is -2.01. The Morgan fingerprint density at radius 2 is 1.94 bits per heavy atom. The van der Waals surface area contributed by atoms with E-state index < -0.39 is 4.92 Å². The molecule has 4 nitrogen and oxygen atoms in total. The molecule has 0 fully saturated rings. The first kappa shape index (κ1) is 10.9. The molecule has 2 aromatic rings. The molecule has 0 N–H and O–H groups in total. The number of hydrogen-bond donors (Lipinski definition) is 0. The minimum atomic E-state index is -0.470. The summed E-state index contributed by atoms with van der Waals surface area (Å²) in [5.74, 6) is 0.523. The molecule has 1 heterocycles. The highest BCUT2D eigenvalue weighted by atomic mass is 35.5. The molecule has 0 bridgehead atoms. The van der Waals surface area contributed by atoms with Gasteiger partial charge < -0.3 is 4.74 Å². The van der Waals surface area contributed by atoms with Crippen molar-refractivity contribution in [1.29, 1.82) is 0 Å². The lowest BCUT2D eigenvalue weighted by molar-refractivity contribution is -0.385. The zero-order valence-corrected chi connectivity index (χ0v) is 9.49. The van der Waals surface area contributed by atoms with E-state index in [-0.39, 0.29) is 10.8 Å². The lowest BCUT2D eigenvalue weighted by atomic mass is 10.3. The summed E-state index contributed by atoms with van der Waals surface area (Å²) in [6.45, 7) is 0. The lowest BCUT2D eigenvalue weighted by Crippen LogP contribution is -1.88. The third-order valence-electron chi connectivity index (χ3n) is 1.83. The van der Waals surface area contributed by atoms with Gasteiger partial charge >= 0.3 is 5.69 Å². The van der Waals surface area contributed by atoms with Gasteiger partial charge in [-0.25, -0.2) is 0 Å². The van der Waals surface area contributed by atoms with Crippen molar-refractivity contribution in [3.05, 3.63) is 50.8 Å². The molecule has 0 aliphatic heterocycles. The fraction of sp³-hybridized carbons (Fsp3) is 0.